The highest BCUT2D eigenvalue weighted by Crippen LogP contribution is 2.36. The lowest BCUT2D eigenvalue weighted by Crippen LogP contribution is -2.49. The maximum Gasteiger partial charge on any atom is 0.233 e. The highest BCUT2D eigenvalue weighted by molar-refractivity contribution is 6.00. The molecular formula is C31H36N6O6. The van der Waals surface area contributed by atoms with Gasteiger partial charge in [-0.3, -0.25) is 14.6 Å². The van der Waals surface area contributed by atoms with Crippen LogP contribution in [-0.4, -0.2) is 84.9 Å². The standard InChI is InChI=1S/C31H36N6O6/c1-18(41)26-27(19-8-10-36(11-9-19)30(42)31(2,16-39)17-40)35-29-23(14-34-37(29)28(26)32)21-4-6-24(33-13-21)20-5-7-25(43-3)22(12-20)15-38/h4-7,12-14,19,38-40H,8-11,15-17,32H2,1-3H3. The number of amides is 1. The second-order valence-electron chi connectivity index (χ2n) is 11.2. The summed E-state index contributed by atoms with van der Waals surface area (Å²) in [7, 11) is 1.56. The van der Waals surface area contributed by atoms with E-state index in [1.807, 2.05) is 24.3 Å². The van der Waals surface area contributed by atoms with Gasteiger partial charge in [0.15, 0.2) is 11.4 Å². The molecule has 3 aromatic heterocycles. The highest BCUT2D eigenvalue weighted by atomic mass is 16.5. The van der Waals surface area contributed by atoms with Gasteiger partial charge in [-0.15, -0.1) is 0 Å². The molecule has 0 radical (unpaired) electrons. The average Bonchev–Trinajstić information content (AvgIpc) is 3.48. The van der Waals surface area contributed by atoms with Crippen LogP contribution in [0.1, 0.15) is 54.2 Å². The lowest BCUT2D eigenvalue weighted by Gasteiger charge is -2.37. The third-order valence-electron chi connectivity index (χ3n) is 8.27. The number of methoxy groups -OCH3 is 1. The molecule has 1 aliphatic heterocycles. The Balaban J connectivity index is 1.47. The Bertz CT molecular complexity index is 1660. The molecule has 12 nitrogen and oxygen atoms in total. The monoisotopic (exact) mass is 588 g/mol. The minimum absolute atomic E-state index is 0.135. The van der Waals surface area contributed by atoms with Gasteiger partial charge < -0.3 is 30.7 Å². The predicted octanol–water partition coefficient (Wildman–Crippen LogP) is 2.44. The number of piperidine rings is 1. The van der Waals surface area contributed by atoms with Crippen LogP contribution >= 0.6 is 0 Å². The number of anilines is 1. The van der Waals surface area contributed by atoms with Crippen LogP contribution in [0.3, 0.4) is 0 Å². The van der Waals surface area contributed by atoms with E-state index in [-0.39, 0.29) is 30.0 Å². The number of benzene rings is 1. The number of fused-ring (bicyclic) bond motifs is 1. The van der Waals surface area contributed by atoms with Gasteiger partial charge in [0.1, 0.15) is 11.6 Å². The molecular weight excluding hydrogens is 552 g/mol. The van der Waals surface area contributed by atoms with Crippen LogP contribution in [0.2, 0.25) is 0 Å². The van der Waals surface area contributed by atoms with Crippen LogP contribution in [0.15, 0.2) is 42.7 Å². The number of aliphatic hydroxyl groups is 3. The van der Waals surface area contributed by atoms with Crippen molar-refractivity contribution in [1.82, 2.24) is 24.5 Å². The first kappa shape index (κ1) is 30.1. The van der Waals surface area contributed by atoms with Gasteiger partial charge in [0, 0.05) is 47.5 Å². The number of rotatable bonds is 9. The fraction of sp³-hybridized carbons (Fsp3) is 0.387. The Labute approximate surface area is 248 Å². The normalized spacial score (nSPS) is 14.3. The molecule has 4 aromatic rings. The maximum absolute atomic E-state index is 13.0. The molecule has 1 aromatic carbocycles. The first-order valence-electron chi connectivity index (χ1n) is 14.1. The van der Waals surface area contributed by atoms with Crippen molar-refractivity contribution in [3.05, 3.63) is 59.5 Å². The topological polar surface area (TPSA) is 176 Å². The zero-order valence-corrected chi connectivity index (χ0v) is 24.4. The summed E-state index contributed by atoms with van der Waals surface area (Å²) in [5, 5.41) is 33.5. The van der Waals surface area contributed by atoms with E-state index in [2.05, 4.69) is 10.1 Å². The van der Waals surface area contributed by atoms with Crippen molar-refractivity contribution in [2.45, 2.75) is 39.2 Å². The summed E-state index contributed by atoms with van der Waals surface area (Å²) in [5.41, 5.74) is 10.3. The zero-order valence-electron chi connectivity index (χ0n) is 24.4. The molecule has 0 bridgehead atoms. The molecule has 0 saturated carbocycles. The van der Waals surface area contributed by atoms with Crippen LogP contribution in [0.25, 0.3) is 28.0 Å². The molecule has 1 aliphatic rings. The summed E-state index contributed by atoms with van der Waals surface area (Å²) in [6.45, 7) is 2.72. The Hall–Kier alpha value is -4.39. The second-order valence-corrected chi connectivity index (χ2v) is 11.2. The van der Waals surface area contributed by atoms with Crippen molar-refractivity contribution >= 4 is 23.2 Å². The van der Waals surface area contributed by atoms with Crippen LogP contribution in [0.4, 0.5) is 5.82 Å². The van der Waals surface area contributed by atoms with Crippen molar-refractivity contribution < 1.29 is 29.6 Å². The molecule has 5 rings (SSSR count). The summed E-state index contributed by atoms with van der Waals surface area (Å²) in [6, 6.07) is 9.28. The molecule has 1 fully saturated rings. The Kier molecular flexibility index (Phi) is 8.45. The predicted molar refractivity (Wildman–Crippen MR) is 159 cm³/mol. The van der Waals surface area contributed by atoms with Gasteiger partial charge >= 0.3 is 0 Å². The van der Waals surface area contributed by atoms with Gasteiger partial charge in [-0.2, -0.15) is 9.61 Å². The van der Waals surface area contributed by atoms with Gasteiger partial charge in [-0.1, -0.05) is 6.07 Å². The fourth-order valence-corrected chi connectivity index (χ4v) is 5.60. The van der Waals surface area contributed by atoms with E-state index in [0.29, 0.717) is 65.4 Å². The van der Waals surface area contributed by atoms with E-state index in [9.17, 15) is 24.9 Å². The number of ketones is 1. The number of Topliss-reactive ketones (excluding diaryl/α,β-unsaturated/α-hetero) is 1. The van der Waals surface area contributed by atoms with Crippen molar-refractivity contribution in [3.8, 4) is 28.1 Å². The van der Waals surface area contributed by atoms with E-state index in [1.54, 1.807) is 30.5 Å². The van der Waals surface area contributed by atoms with Gasteiger partial charge in [0.2, 0.25) is 5.91 Å². The second kappa shape index (κ2) is 12.1. The van der Waals surface area contributed by atoms with Crippen molar-refractivity contribution in [2.75, 3.05) is 39.1 Å². The van der Waals surface area contributed by atoms with E-state index >= 15 is 0 Å². The van der Waals surface area contributed by atoms with E-state index in [0.717, 1.165) is 11.1 Å². The van der Waals surface area contributed by atoms with Crippen molar-refractivity contribution in [3.63, 3.8) is 0 Å². The van der Waals surface area contributed by atoms with Gasteiger partial charge in [-0.25, -0.2) is 4.98 Å². The molecule has 43 heavy (non-hydrogen) atoms. The van der Waals surface area contributed by atoms with Gasteiger partial charge in [-0.05, 0) is 51.0 Å². The van der Waals surface area contributed by atoms with Crippen molar-refractivity contribution in [1.29, 1.82) is 0 Å². The molecule has 226 valence electrons. The van der Waals surface area contributed by atoms with Crippen LogP contribution in [-0.2, 0) is 11.4 Å². The summed E-state index contributed by atoms with van der Waals surface area (Å²) in [6.07, 6.45) is 4.44. The minimum Gasteiger partial charge on any atom is -0.496 e. The molecule has 0 unspecified atom stereocenters. The smallest absolute Gasteiger partial charge is 0.233 e. The Morgan fingerprint density at radius 3 is 2.35 bits per heavy atom. The molecule has 12 heteroatoms. The molecule has 1 amide bonds. The minimum atomic E-state index is -1.25. The number of nitrogens with zero attached hydrogens (tertiary/aromatic N) is 5. The fourth-order valence-electron chi connectivity index (χ4n) is 5.60. The van der Waals surface area contributed by atoms with Crippen LogP contribution in [0.5, 0.6) is 5.75 Å². The summed E-state index contributed by atoms with van der Waals surface area (Å²) < 4.78 is 6.76. The lowest BCUT2D eigenvalue weighted by atomic mass is 9.86. The zero-order chi connectivity index (χ0) is 30.9. The number of carbonyl (C=O) groups is 2. The number of aliphatic hydroxyl groups excluding tert-OH is 3. The Morgan fingerprint density at radius 2 is 1.77 bits per heavy atom. The van der Waals surface area contributed by atoms with Gasteiger partial charge in [0.05, 0.1) is 55.5 Å². The maximum atomic E-state index is 13.0. The average molecular weight is 589 g/mol. The van der Waals surface area contributed by atoms with E-state index in [4.69, 9.17) is 15.5 Å². The summed E-state index contributed by atoms with van der Waals surface area (Å²) in [5.74, 6) is 0.137. The quantitative estimate of drug-likeness (QED) is 0.212. The number of hydrogen-bond donors (Lipinski definition) is 4. The number of nitrogens with two attached hydrogens (primary N) is 1. The first-order chi connectivity index (χ1) is 20.6. The van der Waals surface area contributed by atoms with Crippen LogP contribution in [0, 0.1) is 5.41 Å². The molecule has 5 N–H and O–H groups in total. The Morgan fingerprint density at radius 1 is 1.07 bits per heavy atom. The molecule has 4 heterocycles. The highest BCUT2D eigenvalue weighted by Gasteiger charge is 2.38. The molecule has 0 atom stereocenters. The van der Waals surface area contributed by atoms with E-state index < -0.39 is 18.6 Å². The summed E-state index contributed by atoms with van der Waals surface area (Å²) >= 11 is 0. The number of carbonyl (C=O) groups excluding carboxylic acids is 2. The number of likely N-dealkylation sites (tertiary alicyclic amines) is 1. The summed E-state index contributed by atoms with van der Waals surface area (Å²) in [4.78, 5) is 36.9. The molecule has 0 aliphatic carbocycles. The molecule has 1 saturated heterocycles. The van der Waals surface area contributed by atoms with Gasteiger partial charge in [0.25, 0.3) is 0 Å². The van der Waals surface area contributed by atoms with E-state index in [1.165, 1.54) is 18.4 Å². The first-order valence-corrected chi connectivity index (χ1v) is 14.1. The third-order valence-corrected chi connectivity index (χ3v) is 8.27. The largest absolute Gasteiger partial charge is 0.496 e. The number of nitrogen functional groups attached to an aromatic ring is 1. The molecule has 0 spiro atoms. The van der Waals surface area contributed by atoms with Crippen LogP contribution < -0.4 is 10.5 Å². The third kappa shape index (κ3) is 5.44. The number of aromatic nitrogens is 4. The number of pyridine rings is 1. The number of hydrogen-bond acceptors (Lipinski definition) is 10. The lowest BCUT2D eigenvalue weighted by molar-refractivity contribution is -0.147. The SMILES string of the molecule is COc1ccc(-c2ccc(-c3cnn4c(N)c(C(C)=O)c(C5CCN(C(=O)C(C)(CO)CO)CC5)nc34)cn2)cc1CO. The van der Waals surface area contributed by atoms with Crippen molar-refractivity contribution in [2.24, 2.45) is 5.41 Å². The number of ether oxygens (including phenoxy) is 1.